The first-order chi connectivity index (χ1) is 17.4. The van der Waals surface area contributed by atoms with Crippen LogP contribution in [0.25, 0.3) is 0 Å². The highest BCUT2D eigenvalue weighted by Gasteiger charge is 2.16. The Kier molecular flexibility index (Phi) is 9.67. The second-order valence-corrected chi connectivity index (χ2v) is 7.97. The number of benzene rings is 3. The third-order valence-electron chi connectivity index (χ3n) is 4.69. The van der Waals surface area contributed by atoms with E-state index in [-0.39, 0.29) is 34.0 Å². The SMILES string of the molecule is COc1cccc(/C=N\NC(=O)C(=O)Nc2cccc(Cl)c2Cl)c1OCC(=O)NCc1ccccc1. The molecular formula is C25H22Cl2N4O5. The number of anilines is 1. The molecule has 3 amide bonds. The van der Waals surface area contributed by atoms with E-state index in [4.69, 9.17) is 32.7 Å². The molecule has 0 unspecified atom stereocenters. The number of hydrogen-bond donors (Lipinski definition) is 3. The summed E-state index contributed by atoms with van der Waals surface area (Å²) in [6, 6.07) is 19.0. The second kappa shape index (κ2) is 13.1. The average Bonchev–Trinajstić information content (AvgIpc) is 2.89. The van der Waals surface area contributed by atoms with Crippen LogP contribution in [0.15, 0.2) is 71.8 Å². The number of rotatable bonds is 9. The van der Waals surface area contributed by atoms with Gasteiger partial charge in [-0.1, -0.05) is 65.7 Å². The summed E-state index contributed by atoms with van der Waals surface area (Å²) in [5.74, 6) is -1.77. The quantitative estimate of drug-likeness (QED) is 0.222. The Bertz CT molecular complexity index is 1270. The van der Waals surface area contributed by atoms with Gasteiger partial charge in [-0.25, -0.2) is 5.43 Å². The van der Waals surface area contributed by atoms with Gasteiger partial charge in [-0.3, -0.25) is 14.4 Å². The first-order valence-electron chi connectivity index (χ1n) is 10.6. The van der Waals surface area contributed by atoms with Gasteiger partial charge in [-0.15, -0.1) is 0 Å². The molecule has 36 heavy (non-hydrogen) atoms. The van der Waals surface area contributed by atoms with Crippen LogP contribution in [0.1, 0.15) is 11.1 Å². The molecule has 3 rings (SSSR count). The smallest absolute Gasteiger partial charge is 0.329 e. The predicted molar refractivity (Wildman–Crippen MR) is 138 cm³/mol. The first kappa shape index (κ1) is 26.5. The summed E-state index contributed by atoms with van der Waals surface area (Å²) < 4.78 is 11.0. The minimum atomic E-state index is -1.03. The molecule has 0 spiro atoms. The van der Waals surface area contributed by atoms with Gasteiger partial charge in [-0.2, -0.15) is 5.10 Å². The van der Waals surface area contributed by atoms with Crippen LogP contribution in [0.2, 0.25) is 10.0 Å². The number of methoxy groups -OCH3 is 1. The van der Waals surface area contributed by atoms with Crippen LogP contribution >= 0.6 is 23.2 Å². The van der Waals surface area contributed by atoms with Gasteiger partial charge in [0.25, 0.3) is 5.91 Å². The normalized spacial score (nSPS) is 10.5. The van der Waals surface area contributed by atoms with Gasteiger partial charge in [0.2, 0.25) is 0 Å². The Morgan fingerprint density at radius 2 is 1.69 bits per heavy atom. The zero-order chi connectivity index (χ0) is 25.9. The molecule has 0 aliphatic carbocycles. The van der Waals surface area contributed by atoms with Gasteiger partial charge in [0.05, 0.1) is 29.1 Å². The van der Waals surface area contributed by atoms with Gasteiger partial charge in [0.1, 0.15) is 0 Å². The predicted octanol–water partition coefficient (Wildman–Crippen LogP) is 3.79. The minimum absolute atomic E-state index is 0.106. The van der Waals surface area contributed by atoms with E-state index >= 15 is 0 Å². The standard InChI is InChI=1S/C25H22Cl2N4O5/c1-35-20-12-5-9-17(23(20)36-15-21(32)28-13-16-7-3-2-4-8-16)14-29-31-25(34)24(33)30-19-11-6-10-18(26)22(19)27/h2-12,14H,13,15H2,1H3,(H,28,32)(H,30,33)(H,31,34)/b29-14-. The zero-order valence-corrected chi connectivity index (χ0v) is 20.6. The van der Waals surface area contributed by atoms with Crippen LogP contribution in [0.4, 0.5) is 5.69 Å². The Morgan fingerprint density at radius 3 is 2.44 bits per heavy atom. The van der Waals surface area contributed by atoms with Crippen LogP contribution in [0.5, 0.6) is 11.5 Å². The summed E-state index contributed by atoms with van der Waals surface area (Å²) in [5, 5.41) is 9.26. The van der Waals surface area contributed by atoms with E-state index in [1.54, 1.807) is 30.3 Å². The van der Waals surface area contributed by atoms with Crippen LogP contribution in [0.3, 0.4) is 0 Å². The van der Waals surface area contributed by atoms with Crippen LogP contribution in [0, 0.1) is 0 Å². The summed E-state index contributed by atoms with van der Waals surface area (Å²) in [6.45, 7) is 0.0843. The minimum Gasteiger partial charge on any atom is -0.493 e. The number of amides is 3. The summed E-state index contributed by atoms with van der Waals surface area (Å²) in [7, 11) is 1.45. The van der Waals surface area contributed by atoms with Gasteiger partial charge >= 0.3 is 11.8 Å². The molecule has 0 aromatic heterocycles. The molecule has 0 radical (unpaired) electrons. The lowest BCUT2D eigenvalue weighted by atomic mass is 10.2. The van der Waals surface area contributed by atoms with Crippen molar-refractivity contribution in [3.05, 3.63) is 87.9 Å². The van der Waals surface area contributed by atoms with E-state index in [2.05, 4.69) is 21.2 Å². The van der Waals surface area contributed by atoms with Gasteiger partial charge in [0.15, 0.2) is 18.1 Å². The molecule has 186 valence electrons. The fourth-order valence-electron chi connectivity index (χ4n) is 2.93. The van der Waals surface area contributed by atoms with E-state index in [0.717, 1.165) is 5.56 Å². The van der Waals surface area contributed by atoms with Crippen LogP contribution in [-0.4, -0.2) is 37.7 Å². The summed E-state index contributed by atoms with van der Waals surface area (Å²) >= 11 is 11.9. The number of para-hydroxylation sites is 1. The highest BCUT2D eigenvalue weighted by Crippen LogP contribution is 2.30. The summed E-state index contributed by atoms with van der Waals surface area (Å²) in [4.78, 5) is 36.5. The van der Waals surface area contributed by atoms with E-state index < -0.39 is 11.8 Å². The van der Waals surface area contributed by atoms with Gasteiger partial charge < -0.3 is 20.1 Å². The molecule has 0 fully saturated rings. The van der Waals surface area contributed by atoms with Crippen molar-refractivity contribution in [1.29, 1.82) is 0 Å². The van der Waals surface area contributed by atoms with Crippen molar-refractivity contribution < 1.29 is 23.9 Å². The van der Waals surface area contributed by atoms with Crippen LogP contribution in [-0.2, 0) is 20.9 Å². The Morgan fingerprint density at radius 1 is 0.944 bits per heavy atom. The molecule has 0 saturated heterocycles. The largest absolute Gasteiger partial charge is 0.493 e. The first-order valence-corrected chi connectivity index (χ1v) is 11.3. The van der Waals surface area contributed by atoms with Gasteiger partial charge in [-0.05, 0) is 29.8 Å². The Balaban J connectivity index is 1.59. The van der Waals surface area contributed by atoms with Crippen LogP contribution < -0.4 is 25.5 Å². The molecule has 0 aliphatic heterocycles. The molecule has 3 N–H and O–H groups in total. The molecule has 0 heterocycles. The molecule has 3 aromatic rings. The Labute approximate surface area is 217 Å². The molecule has 0 saturated carbocycles. The van der Waals surface area contributed by atoms with E-state index in [0.29, 0.717) is 17.9 Å². The molecule has 3 aromatic carbocycles. The third kappa shape index (κ3) is 7.46. The number of halogens is 2. The van der Waals surface area contributed by atoms with Crippen molar-refractivity contribution >= 4 is 52.8 Å². The number of nitrogens with zero attached hydrogens (tertiary/aromatic N) is 1. The highest BCUT2D eigenvalue weighted by molar-refractivity contribution is 6.45. The van der Waals surface area contributed by atoms with Crippen molar-refractivity contribution in [2.75, 3.05) is 19.0 Å². The maximum atomic E-state index is 12.2. The fraction of sp³-hybridized carbons (Fsp3) is 0.120. The lowest BCUT2D eigenvalue weighted by Gasteiger charge is -2.13. The number of nitrogens with one attached hydrogen (secondary N) is 3. The van der Waals surface area contributed by atoms with Gasteiger partial charge in [0, 0.05) is 12.1 Å². The second-order valence-electron chi connectivity index (χ2n) is 7.18. The lowest BCUT2D eigenvalue weighted by molar-refractivity contribution is -0.136. The third-order valence-corrected chi connectivity index (χ3v) is 5.50. The van der Waals surface area contributed by atoms with E-state index in [1.165, 1.54) is 19.4 Å². The maximum Gasteiger partial charge on any atom is 0.329 e. The summed E-state index contributed by atoms with van der Waals surface area (Å²) in [5.41, 5.74) is 3.66. The molecule has 0 bridgehead atoms. The lowest BCUT2D eigenvalue weighted by Crippen LogP contribution is -2.32. The number of carbonyl (C=O) groups excluding carboxylic acids is 3. The number of ether oxygens (including phenoxy) is 2. The van der Waals surface area contributed by atoms with Crippen molar-refractivity contribution in [2.24, 2.45) is 5.10 Å². The average molecular weight is 529 g/mol. The zero-order valence-electron chi connectivity index (χ0n) is 19.1. The highest BCUT2D eigenvalue weighted by atomic mass is 35.5. The topological polar surface area (TPSA) is 118 Å². The maximum absolute atomic E-state index is 12.2. The number of hydrogen-bond acceptors (Lipinski definition) is 6. The van der Waals surface area contributed by atoms with Crippen molar-refractivity contribution in [2.45, 2.75) is 6.54 Å². The van der Waals surface area contributed by atoms with Crippen molar-refractivity contribution in [1.82, 2.24) is 10.7 Å². The fourth-order valence-corrected chi connectivity index (χ4v) is 3.27. The Hall–Kier alpha value is -4.08. The van der Waals surface area contributed by atoms with E-state index in [9.17, 15) is 14.4 Å². The number of carbonyl (C=O) groups is 3. The molecule has 0 atom stereocenters. The van der Waals surface area contributed by atoms with Crippen molar-refractivity contribution in [3.63, 3.8) is 0 Å². The van der Waals surface area contributed by atoms with Crippen molar-refractivity contribution in [3.8, 4) is 11.5 Å². The summed E-state index contributed by atoms with van der Waals surface area (Å²) in [6.07, 6.45) is 1.26. The monoisotopic (exact) mass is 528 g/mol. The molecule has 9 nitrogen and oxygen atoms in total. The molecule has 11 heteroatoms. The molecule has 0 aliphatic rings. The van der Waals surface area contributed by atoms with E-state index in [1.807, 2.05) is 30.3 Å². The molecular weight excluding hydrogens is 507 g/mol. The number of hydrazone groups is 1.